The minimum Gasteiger partial charge on any atom is -0.494 e. The molecule has 1 heterocycles. The minimum absolute atomic E-state index is 0.0934. The average Bonchev–Trinajstić information content (AvgIpc) is 2.92. The van der Waals surface area contributed by atoms with E-state index in [1.807, 2.05) is 37.3 Å². The van der Waals surface area contributed by atoms with Gasteiger partial charge < -0.3 is 4.74 Å². The molecule has 1 aromatic heterocycles. The molecule has 1 atom stereocenters. The average molecular weight is 267 g/mol. The van der Waals surface area contributed by atoms with Gasteiger partial charge in [0.1, 0.15) is 5.75 Å². The van der Waals surface area contributed by atoms with Gasteiger partial charge in [0.05, 0.1) is 18.2 Å². The number of benzene rings is 1. The maximum absolute atomic E-state index is 12.6. The van der Waals surface area contributed by atoms with Crippen LogP contribution in [0.5, 0.6) is 5.75 Å². The molecule has 0 spiro atoms. The SMILES string of the molecule is CCOc1ccc(C(=O)C2CCc3cccnc32)cc1. The highest BCUT2D eigenvalue weighted by Crippen LogP contribution is 2.33. The molecule has 102 valence electrons. The van der Waals surface area contributed by atoms with Crippen LogP contribution < -0.4 is 4.74 Å². The zero-order chi connectivity index (χ0) is 13.9. The normalized spacial score (nSPS) is 16.8. The molecule has 2 aromatic rings. The predicted molar refractivity (Wildman–Crippen MR) is 77.2 cm³/mol. The lowest BCUT2D eigenvalue weighted by Gasteiger charge is -2.10. The van der Waals surface area contributed by atoms with Crippen molar-refractivity contribution in [3.63, 3.8) is 0 Å². The molecule has 1 aliphatic carbocycles. The zero-order valence-corrected chi connectivity index (χ0v) is 11.5. The number of hydrogen-bond acceptors (Lipinski definition) is 3. The Balaban J connectivity index is 1.83. The van der Waals surface area contributed by atoms with Gasteiger partial charge in [-0.15, -0.1) is 0 Å². The molecule has 0 saturated carbocycles. The Morgan fingerprint density at radius 2 is 2.10 bits per heavy atom. The van der Waals surface area contributed by atoms with Gasteiger partial charge in [0.25, 0.3) is 0 Å². The number of ether oxygens (including phenoxy) is 1. The standard InChI is InChI=1S/C17H17NO2/c1-2-20-14-8-5-13(6-9-14)17(19)15-10-7-12-4-3-11-18-16(12)15/h3-6,8-9,11,15H,2,7,10H2,1H3. The number of aryl methyl sites for hydroxylation is 1. The summed E-state index contributed by atoms with van der Waals surface area (Å²) in [6.07, 6.45) is 3.57. The largest absolute Gasteiger partial charge is 0.494 e. The molecule has 3 rings (SSSR count). The number of aromatic nitrogens is 1. The first-order valence-corrected chi connectivity index (χ1v) is 7.00. The number of carbonyl (C=O) groups excluding carboxylic acids is 1. The van der Waals surface area contributed by atoms with Gasteiger partial charge in [0, 0.05) is 11.8 Å². The number of pyridine rings is 1. The fraction of sp³-hybridized carbons (Fsp3) is 0.294. The van der Waals surface area contributed by atoms with Crippen molar-refractivity contribution in [1.82, 2.24) is 4.98 Å². The number of Topliss-reactive ketones (excluding diaryl/α,β-unsaturated/α-hetero) is 1. The van der Waals surface area contributed by atoms with Crippen LogP contribution in [0.4, 0.5) is 0 Å². The number of fused-ring (bicyclic) bond motifs is 1. The van der Waals surface area contributed by atoms with Crippen molar-refractivity contribution in [1.29, 1.82) is 0 Å². The van der Waals surface area contributed by atoms with Crippen LogP contribution in [0.25, 0.3) is 0 Å². The zero-order valence-electron chi connectivity index (χ0n) is 11.5. The Morgan fingerprint density at radius 1 is 1.30 bits per heavy atom. The van der Waals surface area contributed by atoms with Crippen molar-refractivity contribution in [3.05, 3.63) is 59.4 Å². The predicted octanol–water partition coefficient (Wildman–Crippen LogP) is 3.39. The summed E-state index contributed by atoms with van der Waals surface area (Å²) in [7, 11) is 0. The number of ketones is 1. The van der Waals surface area contributed by atoms with E-state index in [-0.39, 0.29) is 11.7 Å². The lowest BCUT2D eigenvalue weighted by Crippen LogP contribution is -2.11. The molecule has 3 nitrogen and oxygen atoms in total. The first-order valence-electron chi connectivity index (χ1n) is 7.00. The van der Waals surface area contributed by atoms with Crippen LogP contribution in [-0.4, -0.2) is 17.4 Å². The molecule has 0 amide bonds. The highest BCUT2D eigenvalue weighted by Gasteiger charge is 2.30. The fourth-order valence-corrected chi connectivity index (χ4v) is 2.75. The Labute approximate surface area is 118 Å². The van der Waals surface area contributed by atoms with Crippen LogP contribution in [0.15, 0.2) is 42.6 Å². The van der Waals surface area contributed by atoms with Gasteiger partial charge in [0.15, 0.2) is 5.78 Å². The monoisotopic (exact) mass is 267 g/mol. The van der Waals surface area contributed by atoms with Gasteiger partial charge in [-0.3, -0.25) is 9.78 Å². The Morgan fingerprint density at radius 3 is 2.85 bits per heavy atom. The van der Waals surface area contributed by atoms with Crippen molar-refractivity contribution < 1.29 is 9.53 Å². The Bertz CT molecular complexity index is 619. The summed E-state index contributed by atoms with van der Waals surface area (Å²) in [6.45, 7) is 2.58. The molecule has 0 bridgehead atoms. The maximum Gasteiger partial charge on any atom is 0.171 e. The smallest absolute Gasteiger partial charge is 0.171 e. The van der Waals surface area contributed by atoms with Crippen LogP contribution in [0.2, 0.25) is 0 Å². The molecule has 1 aromatic carbocycles. The van der Waals surface area contributed by atoms with Crippen LogP contribution in [0.3, 0.4) is 0 Å². The lowest BCUT2D eigenvalue weighted by atomic mass is 9.95. The second-order valence-corrected chi connectivity index (χ2v) is 4.96. The molecule has 3 heteroatoms. The topological polar surface area (TPSA) is 39.2 Å². The molecule has 0 radical (unpaired) electrons. The maximum atomic E-state index is 12.6. The van der Waals surface area contributed by atoms with Crippen LogP contribution >= 0.6 is 0 Å². The van der Waals surface area contributed by atoms with Gasteiger partial charge in [-0.05, 0) is 55.7 Å². The number of hydrogen-bond donors (Lipinski definition) is 0. The van der Waals surface area contributed by atoms with E-state index in [4.69, 9.17) is 4.74 Å². The van der Waals surface area contributed by atoms with Crippen molar-refractivity contribution in [2.45, 2.75) is 25.7 Å². The summed E-state index contributed by atoms with van der Waals surface area (Å²) in [5.74, 6) is 0.864. The minimum atomic E-state index is -0.0934. The Kier molecular flexibility index (Phi) is 3.50. The van der Waals surface area contributed by atoms with E-state index in [9.17, 15) is 4.79 Å². The summed E-state index contributed by atoms with van der Waals surface area (Å²) in [6, 6.07) is 11.4. The third kappa shape index (κ3) is 2.31. The summed E-state index contributed by atoms with van der Waals surface area (Å²) >= 11 is 0. The molecule has 20 heavy (non-hydrogen) atoms. The first-order chi connectivity index (χ1) is 9.79. The summed E-state index contributed by atoms with van der Waals surface area (Å²) < 4.78 is 5.40. The molecular formula is C17H17NO2. The van der Waals surface area contributed by atoms with Crippen LogP contribution in [0.1, 0.15) is 40.9 Å². The van der Waals surface area contributed by atoms with Crippen LogP contribution in [0, 0.1) is 0 Å². The van der Waals surface area contributed by atoms with Gasteiger partial charge >= 0.3 is 0 Å². The van der Waals surface area contributed by atoms with E-state index in [2.05, 4.69) is 11.1 Å². The lowest BCUT2D eigenvalue weighted by molar-refractivity contribution is 0.0958. The van der Waals surface area contributed by atoms with Crippen molar-refractivity contribution in [3.8, 4) is 5.75 Å². The molecule has 0 fully saturated rings. The molecule has 1 aliphatic rings. The fourth-order valence-electron chi connectivity index (χ4n) is 2.75. The van der Waals surface area contributed by atoms with E-state index < -0.39 is 0 Å². The van der Waals surface area contributed by atoms with Crippen molar-refractivity contribution in [2.24, 2.45) is 0 Å². The van der Waals surface area contributed by atoms with E-state index >= 15 is 0 Å². The van der Waals surface area contributed by atoms with E-state index in [1.165, 1.54) is 5.56 Å². The summed E-state index contributed by atoms with van der Waals surface area (Å²) in [5, 5.41) is 0. The number of rotatable bonds is 4. The van der Waals surface area contributed by atoms with Gasteiger partial charge in [0.2, 0.25) is 0 Å². The molecule has 0 saturated heterocycles. The third-order valence-corrected chi connectivity index (χ3v) is 3.72. The second-order valence-electron chi connectivity index (χ2n) is 4.96. The van der Waals surface area contributed by atoms with E-state index in [0.717, 1.165) is 29.8 Å². The molecular weight excluding hydrogens is 250 g/mol. The second kappa shape index (κ2) is 5.45. The van der Waals surface area contributed by atoms with Gasteiger partial charge in [-0.2, -0.15) is 0 Å². The molecule has 0 aliphatic heterocycles. The Hall–Kier alpha value is -2.16. The van der Waals surface area contributed by atoms with Crippen molar-refractivity contribution in [2.75, 3.05) is 6.61 Å². The van der Waals surface area contributed by atoms with Gasteiger partial charge in [-0.25, -0.2) is 0 Å². The highest BCUT2D eigenvalue weighted by molar-refractivity contribution is 6.01. The van der Waals surface area contributed by atoms with Crippen LogP contribution in [-0.2, 0) is 6.42 Å². The third-order valence-electron chi connectivity index (χ3n) is 3.72. The number of carbonyl (C=O) groups is 1. The quantitative estimate of drug-likeness (QED) is 0.797. The van der Waals surface area contributed by atoms with Crippen molar-refractivity contribution >= 4 is 5.78 Å². The summed E-state index contributed by atoms with van der Waals surface area (Å²) in [4.78, 5) is 17.0. The summed E-state index contributed by atoms with van der Waals surface area (Å²) in [5.41, 5.74) is 2.89. The van der Waals surface area contributed by atoms with E-state index in [0.29, 0.717) is 6.61 Å². The molecule has 1 unspecified atom stereocenters. The van der Waals surface area contributed by atoms with Gasteiger partial charge in [-0.1, -0.05) is 6.07 Å². The van der Waals surface area contributed by atoms with E-state index in [1.54, 1.807) is 6.20 Å². The number of nitrogens with zero attached hydrogens (tertiary/aromatic N) is 1. The molecule has 0 N–H and O–H groups in total. The highest BCUT2D eigenvalue weighted by atomic mass is 16.5. The first kappa shape index (κ1) is 12.9.